The quantitative estimate of drug-likeness (QED) is 0.516. The van der Waals surface area contributed by atoms with Crippen molar-refractivity contribution in [3.05, 3.63) is 70.9 Å². The Bertz CT molecular complexity index is 1170. The molecule has 0 saturated heterocycles. The first kappa shape index (κ1) is 26.7. The van der Waals surface area contributed by atoms with E-state index >= 15 is 0 Å². The van der Waals surface area contributed by atoms with E-state index in [2.05, 4.69) is 20.4 Å². The molecule has 0 aliphatic heterocycles. The number of benzene rings is 1. The fourth-order valence-electron chi connectivity index (χ4n) is 2.92. The second-order valence-electron chi connectivity index (χ2n) is 6.78. The van der Waals surface area contributed by atoms with Crippen LogP contribution in [-0.2, 0) is 12.4 Å². The Morgan fingerprint density at radius 2 is 1.71 bits per heavy atom. The minimum Gasteiger partial charge on any atom is -0.342 e. The Morgan fingerprint density at radius 3 is 2.18 bits per heavy atom. The van der Waals surface area contributed by atoms with Gasteiger partial charge in [-0.1, -0.05) is 6.92 Å². The standard InChI is InChI=1S/C20H14F6N6O.H2S/c1-2-15(17-29-10-30-32(17)16-4-3-11(8-27)9-28-16)31-18(33)12-5-13(19(21,22)23)7-14(6-12)20(24,25)26;/h3-7,9-10,15H,2H2,1H3,(H,31,33);1H2/t15-;/m0./s1. The highest BCUT2D eigenvalue weighted by atomic mass is 32.1. The van der Waals surface area contributed by atoms with E-state index in [9.17, 15) is 31.1 Å². The highest BCUT2D eigenvalue weighted by molar-refractivity contribution is 7.59. The first-order valence-corrected chi connectivity index (χ1v) is 9.30. The third-order valence-corrected chi connectivity index (χ3v) is 4.54. The number of pyridine rings is 1. The molecule has 0 aliphatic carbocycles. The summed E-state index contributed by atoms with van der Waals surface area (Å²) in [4.78, 5) is 20.7. The van der Waals surface area contributed by atoms with Gasteiger partial charge < -0.3 is 5.32 Å². The smallest absolute Gasteiger partial charge is 0.342 e. The maximum Gasteiger partial charge on any atom is 0.416 e. The molecule has 0 aliphatic rings. The van der Waals surface area contributed by atoms with Gasteiger partial charge >= 0.3 is 12.4 Å². The van der Waals surface area contributed by atoms with Crippen molar-refractivity contribution in [2.45, 2.75) is 31.7 Å². The monoisotopic (exact) mass is 502 g/mol. The molecule has 1 atom stereocenters. The lowest BCUT2D eigenvalue weighted by Gasteiger charge is -2.18. The lowest BCUT2D eigenvalue weighted by atomic mass is 10.0. The van der Waals surface area contributed by atoms with Crippen molar-refractivity contribution in [2.24, 2.45) is 0 Å². The summed E-state index contributed by atoms with van der Waals surface area (Å²) >= 11 is 0. The fraction of sp³-hybridized carbons (Fsp3) is 0.250. The average Bonchev–Trinajstić information content (AvgIpc) is 3.25. The molecule has 3 rings (SSSR count). The minimum absolute atomic E-state index is 0. The molecule has 1 aromatic carbocycles. The number of hydrogen-bond acceptors (Lipinski definition) is 5. The Morgan fingerprint density at radius 1 is 1.09 bits per heavy atom. The third-order valence-electron chi connectivity index (χ3n) is 4.54. The molecule has 2 heterocycles. The van der Waals surface area contributed by atoms with Crippen LogP contribution in [0.15, 0.2) is 42.9 Å². The predicted octanol–water partition coefficient (Wildman–Crippen LogP) is 4.57. The van der Waals surface area contributed by atoms with Gasteiger partial charge in [-0.3, -0.25) is 4.79 Å². The summed E-state index contributed by atoms with van der Waals surface area (Å²) in [6, 6.07) is 4.56. The van der Waals surface area contributed by atoms with E-state index in [1.54, 1.807) is 6.92 Å². The molecule has 0 bridgehead atoms. The molecule has 14 heteroatoms. The summed E-state index contributed by atoms with van der Waals surface area (Å²) in [5, 5.41) is 15.3. The largest absolute Gasteiger partial charge is 0.416 e. The van der Waals surface area contributed by atoms with E-state index < -0.39 is 41.0 Å². The van der Waals surface area contributed by atoms with E-state index in [1.165, 1.54) is 23.0 Å². The Kier molecular flexibility index (Phi) is 7.93. The molecule has 7 nitrogen and oxygen atoms in total. The molecule has 0 spiro atoms. The first-order valence-electron chi connectivity index (χ1n) is 9.30. The van der Waals surface area contributed by atoms with Crippen LogP contribution in [0.4, 0.5) is 26.3 Å². The summed E-state index contributed by atoms with van der Waals surface area (Å²) in [6.45, 7) is 1.63. The van der Waals surface area contributed by atoms with Gasteiger partial charge in [0.2, 0.25) is 0 Å². The average molecular weight is 502 g/mol. The lowest BCUT2D eigenvalue weighted by Crippen LogP contribution is -2.31. The SMILES string of the molecule is CC[C@H](NC(=O)c1cc(C(F)(F)F)cc(C(F)(F)F)c1)c1ncnn1-c1ccc(C#N)cn1.S. The van der Waals surface area contributed by atoms with Crippen molar-refractivity contribution in [1.29, 1.82) is 5.26 Å². The maximum atomic E-state index is 13.1. The molecule has 2 aromatic heterocycles. The molecule has 0 fully saturated rings. The zero-order chi connectivity index (χ0) is 24.4. The number of nitrogens with zero attached hydrogens (tertiary/aromatic N) is 5. The summed E-state index contributed by atoms with van der Waals surface area (Å²) in [5.74, 6) is -0.764. The molecule has 180 valence electrons. The van der Waals surface area contributed by atoms with Gasteiger partial charge in [0, 0.05) is 11.8 Å². The van der Waals surface area contributed by atoms with Crippen LogP contribution in [0.25, 0.3) is 5.82 Å². The summed E-state index contributed by atoms with van der Waals surface area (Å²) < 4.78 is 79.8. The van der Waals surface area contributed by atoms with Gasteiger partial charge in [-0.2, -0.15) is 54.9 Å². The number of amides is 1. The lowest BCUT2D eigenvalue weighted by molar-refractivity contribution is -0.143. The van der Waals surface area contributed by atoms with Gasteiger partial charge in [0.1, 0.15) is 12.4 Å². The minimum atomic E-state index is -5.08. The number of alkyl halides is 6. The van der Waals surface area contributed by atoms with Crippen LogP contribution in [0.5, 0.6) is 0 Å². The predicted molar refractivity (Wildman–Crippen MR) is 111 cm³/mol. The van der Waals surface area contributed by atoms with E-state index in [0.717, 1.165) is 6.33 Å². The number of rotatable bonds is 5. The summed E-state index contributed by atoms with van der Waals surface area (Å²) in [7, 11) is 0. The van der Waals surface area contributed by atoms with E-state index in [4.69, 9.17) is 5.26 Å². The van der Waals surface area contributed by atoms with E-state index in [0.29, 0.717) is 12.1 Å². The molecular formula is C20H16F6N6OS. The van der Waals surface area contributed by atoms with Gasteiger partial charge in [0.25, 0.3) is 5.91 Å². The number of carbonyl (C=O) groups is 1. The molecule has 3 aromatic rings. The maximum absolute atomic E-state index is 13.1. The van der Waals surface area contributed by atoms with Crippen molar-refractivity contribution in [3.63, 3.8) is 0 Å². The van der Waals surface area contributed by atoms with Crippen LogP contribution in [-0.4, -0.2) is 25.7 Å². The molecule has 1 N–H and O–H groups in total. The molecule has 1 amide bonds. The second kappa shape index (κ2) is 10.1. The fourth-order valence-corrected chi connectivity index (χ4v) is 2.92. The Labute approximate surface area is 195 Å². The second-order valence-corrected chi connectivity index (χ2v) is 6.78. The molecule has 0 saturated carbocycles. The number of nitrogens with one attached hydrogen (secondary N) is 1. The normalized spacial score (nSPS) is 12.4. The highest BCUT2D eigenvalue weighted by Gasteiger charge is 2.37. The highest BCUT2D eigenvalue weighted by Crippen LogP contribution is 2.36. The number of carbonyl (C=O) groups excluding carboxylic acids is 1. The zero-order valence-corrected chi connectivity index (χ0v) is 18.2. The van der Waals surface area contributed by atoms with Crippen molar-refractivity contribution in [1.82, 2.24) is 25.1 Å². The number of aromatic nitrogens is 4. The number of hydrogen-bond donors (Lipinski definition) is 1. The molecule has 34 heavy (non-hydrogen) atoms. The first-order chi connectivity index (χ1) is 15.4. The van der Waals surface area contributed by atoms with Crippen molar-refractivity contribution >= 4 is 19.4 Å². The van der Waals surface area contributed by atoms with Crippen molar-refractivity contribution in [2.75, 3.05) is 0 Å². The van der Waals surface area contributed by atoms with Crippen molar-refractivity contribution in [3.8, 4) is 11.9 Å². The van der Waals surface area contributed by atoms with Gasteiger partial charge in [0.05, 0.1) is 22.7 Å². The Hall–Kier alpha value is -3.60. The summed E-state index contributed by atoms with van der Waals surface area (Å²) in [5.41, 5.74) is -3.72. The van der Waals surface area contributed by atoms with Gasteiger partial charge in [-0.15, -0.1) is 0 Å². The van der Waals surface area contributed by atoms with Gasteiger partial charge in [-0.05, 0) is 36.8 Å². The molecule has 0 radical (unpaired) electrons. The van der Waals surface area contributed by atoms with Crippen LogP contribution in [0, 0.1) is 11.3 Å². The van der Waals surface area contributed by atoms with Gasteiger partial charge in [-0.25, -0.2) is 9.97 Å². The van der Waals surface area contributed by atoms with Crippen LogP contribution in [0.2, 0.25) is 0 Å². The van der Waals surface area contributed by atoms with Crippen LogP contribution >= 0.6 is 13.5 Å². The Balaban J connectivity index is 0.00000408. The van der Waals surface area contributed by atoms with Crippen LogP contribution in [0.1, 0.15) is 52.3 Å². The van der Waals surface area contributed by atoms with E-state index in [1.807, 2.05) is 6.07 Å². The third kappa shape index (κ3) is 5.84. The summed E-state index contributed by atoms with van der Waals surface area (Å²) in [6.07, 6.45) is -7.55. The molecular weight excluding hydrogens is 486 g/mol. The van der Waals surface area contributed by atoms with Crippen molar-refractivity contribution < 1.29 is 31.1 Å². The topological polar surface area (TPSA) is 96.5 Å². The van der Waals surface area contributed by atoms with Crippen LogP contribution in [0.3, 0.4) is 0 Å². The van der Waals surface area contributed by atoms with Crippen LogP contribution < -0.4 is 5.32 Å². The number of nitriles is 1. The van der Waals surface area contributed by atoms with E-state index in [-0.39, 0.29) is 43.2 Å². The number of halogens is 6. The molecule has 0 unspecified atom stereocenters. The zero-order valence-electron chi connectivity index (χ0n) is 17.2. The van der Waals surface area contributed by atoms with Gasteiger partial charge in [0.15, 0.2) is 11.6 Å².